The number of hydrogen-bond donors (Lipinski definition) is 0. The fourth-order valence-electron chi connectivity index (χ4n) is 1.42. The van der Waals surface area contributed by atoms with Gasteiger partial charge < -0.3 is 4.74 Å². The van der Waals surface area contributed by atoms with Crippen LogP contribution in [-0.4, -0.2) is 21.9 Å². The molecule has 0 atom stereocenters. The zero-order valence-corrected chi connectivity index (χ0v) is 9.19. The Hall–Kier alpha value is -1.55. The van der Waals surface area contributed by atoms with Gasteiger partial charge >= 0.3 is 0 Å². The van der Waals surface area contributed by atoms with E-state index >= 15 is 0 Å². The molecule has 0 N–H and O–H groups in total. The summed E-state index contributed by atoms with van der Waals surface area (Å²) in [5.41, 5.74) is 0.877. The van der Waals surface area contributed by atoms with E-state index in [-0.39, 0.29) is 5.28 Å². The second-order valence-electron chi connectivity index (χ2n) is 3.03. The first-order valence-corrected chi connectivity index (χ1v) is 4.80. The molecule has 4 nitrogen and oxygen atoms in total. The molecule has 1 heterocycles. The number of rotatable bonds is 2. The van der Waals surface area contributed by atoms with Crippen LogP contribution >= 0.6 is 11.6 Å². The van der Waals surface area contributed by atoms with Crippen LogP contribution < -0.4 is 4.74 Å². The lowest BCUT2D eigenvalue weighted by Crippen LogP contribution is -1.96. The molecule has 2 aromatic rings. The van der Waals surface area contributed by atoms with Crippen LogP contribution in [0.5, 0.6) is 5.75 Å². The van der Waals surface area contributed by atoms with Gasteiger partial charge in [-0.3, -0.25) is 0 Å². The Labute approximate surface area is 92.5 Å². The Morgan fingerprint density at radius 1 is 1.33 bits per heavy atom. The number of methoxy groups -OCH3 is 1. The average molecular weight is 224 g/mol. The number of nitrogens with zero attached hydrogens (tertiary/aromatic N) is 3. The van der Waals surface area contributed by atoms with Gasteiger partial charge in [-0.05, 0) is 23.7 Å². The maximum Gasteiger partial charge on any atom is 0.242 e. The van der Waals surface area contributed by atoms with Crippen molar-refractivity contribution in [2.24, 2.45) is 7.05 Å². The summed E-state index contributed by atoms with van der Waals surface area (Å²) in [7, 11) is 3.41. The number of halogens is 1. The number of para-hydroxylation sites is 1. The van der Waals surface area contributed by atoms with Crippen LogP contribution in [0.2, 0.25) is 5.28 Å². The van der Waals surface area contributed by atoms with Crippen molar-refractivity contribution in [3.8, 4) is 17.1 Å². The van der Waals surface area contributed by atoms with Gasteiger partial charge in [0.1, 0.15) is 5.75 Å². The first-order valence-electron chi connectivity index (χ1n) is 4.42. The van der Waals surface area contributed by atoms with E-state index in [1.807, 2.05) is 24.3 Å². The first kappa shape index (κ1) is 9.98. The SMILES string of the molecule is COc1ccccc1-c1nc(Cl)nn1C. The largest absolute Gasteiger partial charge is 0.496 e. The molecule has 0 spiro atoms. The summed E-state index contributed by atoms with van der Waals surface area (Å²) in [4.78, 5) is 4.13. The molecule has 0 bridgehead atoms. The van der Waals surface area contributed by atoms with Crippen LogP contribution in [0.3, 0.4) is 0 Å². The minimum Gasteiger partial charge on any atom is -0.496 e. The molecule has 2 rings (SSSR count). The standard InChI is InChI=1S/C10H10ClN3O/c1-14-9(12-10(11)13-14)7-5-3-4-6-8(7)15-2/h3-6H,1-2H3. The zero-order chi connectivity index (χ0) is 10.8. The quantitative estimate of drug-likeness (QED) is 0.783. The number of ether oxygens (including phenoxy) is 1. The van der Waals surface area contributed by atoms with Gasteiger partial charge in [0.2, 0.25) is 5.28 Å². The molecule has 0 aliphatic carbocycles. The summed E-state index contributed by atoms with van der Waals surface area (Å²) in [6.45, 7) is 0. The molecule has 0 aliphatic heterocycles. The van der Waals surface area contributed by atoms with E-state index in [1.54, 1.807) is 18.8 Å². The number of hydrogen-bond acceptors (Lipinski definition) is 3. The first-order chi connectivity index (χ1) is 7.22. The number of aromatic nitrogens is 3. The van der Waals surface area contributed by atoms with Gasteiger partial charge in [0.15, 0.2) is 5.82 Å². The normalized spacial score (nSPS) is 10.3. The van der Waals surface area contributed by atoms with Gasteiger partial charge in [0, 0.05) is 7.05 Å². The number of benzene rings is 1. The van der Waals surface area contributed by atoms with E-state index in [1.165, 1.54) is 0 Å². The Morgan fingerprint density at radius 3 is 2.67 bits per heavy atom. The van der Waals surface area contributed by atoms with Crippen molar-refractivity contribution in [2.75, 3.05) is 7.11 Å². The third-order valence-electron chi connectivity index (χ3n) is 2.09. The third kappa shape index (κ3) is 1.80. The van der Waals surface area contributed by atoms with E-state index < -0.39 is 0 Å². The smallest absolute Gasteiger partial charge is 0.242 e. The highest BCUT2D eigenvalue weighted by atomic mass is 35.5. The van der Waals surface area contributed by atoms with Gasteiger partial charge in [-0.15, -0.1) is 5.10 Å². The van der Waals surface area contributed by atoms with Crippen molar-refractivity contribution in [2.45, 2.75) is 0 Å². The minimum absolute atomic E-state index is 0.235. The molecule has 0 fully saturated rings. The second kappa shape index (κ2) is 3.90. The van der Waals surface area contributed by atoms with E-state index in [2.05, 4.69) is 10.1 Å². The molecule has 15 heavy (non-hydrogen) atoms. The Morgan fingerprint density at radius 2 is 2.07 bits per heavy atom. The van der Waals surface area contributed by atoms with Gasteiger partial charge in [0.25, 0.3) is 0 Å². The highest BCUT2D eigenvalue weighted by Gasteiger charge is 2.11. The van der Waals surface area contributed by atoms with Gasteiger partial charge in [-0.25, -0.2) is 4.68 Å². The van der Waals surface area contributed by atoms with Crippen molar-refractivity contribution in [1.82, 2.24) is 14.8 Å². The summed E-state index contributed by atoms with van der Waals surface area (Å²) in [5.74, 6) is 1.45. The molecule has 5 heteroatoms. The highest BCUT2D eigenvalue weighted by molar-refractivity contribution is 6.28. The van der Waals surface area contributed by atoms with Crippen LogP contribution in [0.25, 0.3) is 11.4 Å². The molecular formula is C10H10ClN3O. The second-order valence-corrected chi connectivity index (χ2v) is 3.37. The van der Waals surface area contributed by atoms with E-state index in [9.17, 15) is 0 Å². The van der Waals surface area contributed by atoms with Crippen molar-refractivity contribution < 1.29 is 4.74 Å². The van der Waals surface area contributed by atoms with Crippen molar-refractivity contribution in [1.29, 1.82) is 0 Å². The molecule has 0 aliphatic rings. The lowest BCUT2D eigenvalue weighted by atomic mass is 10.2. The molecule has 0 radical (unpaired) electrons. The maximum atomic E-state index is 5.73. The molecule has 78 valence electrons. The van der Waals surface area contributed by atoms with Crippen molar-refractivity contribution in [3.05, 3.63) is 29.5 Å². The zero-order valence-electron chi connectivity index (χ0n) is 8.44. The maximum absolute atomic E-state index is 5.73. The molecule has 0 saturated carbocycles. The minimum atomic E-state index is 0.235. The molecule has 0 amide bonds. The highest BCUT2D eigenvalue weighted by Crippen LogP contribution is 2.28. The van der Waals surface area contributed by atoms with E-state index in [4.69, 9.17) is 16.3 Å². The predicted molar refractivity (Wildman–Crippen MR) is 58.0 cm³/mol. The Bertz CT molecular complexity index is 481. The van der Waals surface area contributed by atoms with Crippen LogP contribution in [0.4, 0.5) is 0 Å². The van der Waals surface area contributed by atoms with E-state index in [0.29, 0.717) is 5.82 Å². The predicted octanol–water partition coefficient (Wildman–Crippen LogP) is 2.14. The fraction of sp³-hybridized carbons (Fsp3) is 0.200. The van der Waals surface area contributed by atoms with Crippen LogP contribution in [0.15, 0.2) is 24.3 Å². The van der Waals surface area contributed by atoms with Crippen molar-refractivity contribution in [3.63, 3.8) is 0 Å². The summed E-state index contributed by atoms with van der Waals surface area (Å²) < 4.78 is 6.86. The van der Waals surface area contributed by atoms with E-state index in [0.717, 1.165) is 11.3 Å². The number of aryl methyl sites for hydroxylation is 1. The Kier molecular flexibility index (Phi) is 2.60. The monoisotopic (exact) mass is 223 g/mol. The summed E-state index contributed by atoms with van der Waals surface area (Å²) in [6, 6.07) is 7.61. The molecular weight excluding hydrogens is 214 g/mol. The fourth-order valence-corrected chi connectivity index (χ4v) is 1.61. The Balaban J connectivity index is 2.58. The molecule has 1 aromatic carbocycles. The van der Waals surface area contributed by atoms with Crippen LogP contribution in [0.1, 0.15) is 0 Å². The van der Waals surface area contributed by atoms with Gasteiger partial charge in [0.05, 0.1) is 12.7 Å². The third-order valence-corrected chi connectivity index (χ3v) is 2.25. The molecule has 0 unspecified atom stereocenters. The average Bonchev–Trinajstić information content (AvgIpc) is 2.57. The summed E-state index contributed by atoms with van der Waals surface area (Å²) >= 11 is 5.73. The summed E-state index contributed by atoms with van der Waals surface area (Å²) in [6.07, 6.45) is 0. The van der Waals surface area contributed by atoms with Crippen LogP contribution in [-0.2, 0) is 7.05 Å². The van der Waals surface area contributed by atoms with Crippen molar-refractivity contribution >= 4 is 11.6 Å². The lowest BCUT2D eigenvalue weighted by molar-refractivity contribution is 0.416. The molecule has 0 saturated heterocycles. The summed E-state index contributed by atoms with van der Waals surface area (Å²) in [5, 5.41) is 4.21. The lowest BCUT2D eigenvalue weighted by Gasteiger charge is -2.06. The van der Waals surface area contributed by atoms with Crippen LogP contribution in [0, 0.1) is 0 Å². The van der Waals surface area contributed by atoms with Gasteiger partial charge in [-0.1, -0.05) is 12.1 Å². The van der Waals surface area contributed by atoms with Gasteiger partial charge in [-0.2, -0.15) is 4.98 Å². The topological polar surface area (TPSA) is 39.9 Å². The molecule has 1 aromatic heterocycles.